The Morgan fingerprint density at radius 2 is 1.43 bits per heavy atom. The zero-order valence-corrected chi connectivity index (χ0v) is 13.5. The second-order valence-electron chi connectivity index (χ2n) is 1.89. The second-order valence-corrected chi connectivity index (χ2v) is 5.51. The molecule has 0 fully saturated rings. The van der Waals surface area contributed by atoms with E-state index in [2.05, 4.69) is 66.1 Å². The average Bonchev–Trinajstić information content (AvgIpc) is 1.96. The number of nitrogens with two attached hydrogens (primary N) is 1. The molecule has 0 aromatic carbocycles. The fraction of sp³-hybridized carbons (Fsp3) is 0.400. The minimum Gasteiger partial charge on any atom is -0.412 e. The molecule has 14 heavy (non-hydrogen) atoms. The summed E-state index contributed by atoms with van der Waals surface area (Å²) in [4.78, 5) is 9.28. The number of nitrogens with one attached hydrogen (secondary N) is 2. The van der Waals surface area contributed by atoms with Crippen molar-refractivity contribution in [1.82, 2.24) is 10.6 Å². The number of hydrogen-bond acceptors (Lipinski definition) is 5. The van der Waals surface area contributed by atoms with Crippen LogP contribution in [0.1, 0.15) is 0 Å². The number of rotatable bonds is 3. The van der Waals surface area contributed by atoms with Crippen molar-refractivity contribution in [2.75, 3.05) is 13.1 Å². The Morgan fingerprint density at radius 3 is 1.57 bits per heavy atom. The molecule has 0 aromatic heterocycles. The van der Waals surface area contributed by atoms with E-state index in [4.69, 9.17) is 0 Å². The van der Waals surface area contributed by atoms with Gasteiger partial charge in [-0.2, -0.15) is 0 Å². The quantitative estimate of drug-likeness (QED) is 0.279. The first-order valence-electron chi connectivity index (χ1n) is 3.37. The summed E-state index contributed by atoms with van der Waals surface area (Å²) in [6.07, 6.45) is 0. The zero-order chi connectivity index (χ0) is 11.6. The molecule has 0 saturated heterocycles. The molecule has 0 saturated carbocycles. The van der Waals surface area contributed by atoms with Gasteiger partial charge in [0, 0.05) is 13.1 Å². The molecule has 0 bridgehead atoms. The zero-order valence-electron chi connectivity index (χ0n) is 7.24. The van der Waals surface area contributed by atoms with Gasteiger partial charge in [-0.25, -0.2) is 0 Å². The van der Waals surface area contributed by atoms with E-state index in [9.17, 15) is 4.79 Å². The third-order valence-corrected chi connectivity index (χ3v) is 1.24. The van der Waals surface area contributed by atoms with E-state index >= 15 is 0 Å². The summed E-state index contributed by atoms with van der Waals surface area (Å²) in [7, 11) is 0. The summed E-state index contributed by atoms with van der Waals surface area (Å²) in [5.74, 6) is 0. The van der Waals surface area contributed by atoms with Crippen LogP contribution in [0.2, 0.25) is 0 Å². The first kappa shape index (κ1) is 16.7. The molecule has 0 aliphatic rings. The normalized spacial score (nSPS) is 7.86. The molecule has 0 atom stereocenters. The molecule has 4 nitrogen and oxygen atoms in total. The van der Waals surface area contributed by atoms with Crippen molar-refractivity contribution < 1.29 is 23.1 Å². The Bertz CT molecular complexity index is 193. The van der Waals surface area contributed by atoms with Gasteiger partial charge in [-0.15, -0.1) is 0 Å². The smallest absolute Gasteiger partial charge is 0.0305 e. The molecule has 75 valence electrons. The summed E-state index contributed by atoms with van der Waals surface area (Å²) in [5.41, 5.74) is 4.53. The summed E-state index contributed by atoms with van der Waals surface area (Å²) in [5, 5.41) is 5.56. The third-order valence-electron chi connectivity index (χ3n) is 0.664. The fourth-order valence-electron chi connectivity index (χ4n) is 0.329. The first-order chi connectivity index (χ1) is 6.36. The molecule has 0 aliphatic carbocycles. The average molecular weight is 320 g/mol. The van der Waals surface area contributed by atoms with E-state index < -0.39 is 0 Å². The van der Waals surface area contributed by atoms with E-state index in [1.807, 2.05) is 0 Å². The van der Waals surface area contributed by atoms with Crippen molar-refractivity contribution in [2.24, 2.45) is 5.73 Å². The molecule has 0 unspecified atom stereocenters. The number of hydrogen-bond donors (Lipinski definition) is 3. The van der Waals surface area contributed by atoms with Crippen LogP contribution in [0.25, 0.3) is 0 Å². The number of thiocarbonyl (C=S) groups is 2. The van der Waals surface area contributed by atoms with Crippen LogP contribution in [-0.4, -0.2) is 26.2 Å². The molecule has 0 radical (unpaired) electrons. The van der Waals surface area contributed by atoms with Crippen LogP contribution in [-0.2, 0) is 43.6 Å². The predicted octanol–water partition coefficient (Wildman–Crippen LogP) is -0.559. The second kappa shape index (κ2) is 11.4. The van der Waals surface area contributed by atoms with Gasteiger partial charge in [-0.05, 0) is 0 Å². The SMILES string of the molecule is N[C](=O)[Zn+2].S=C([S-])NCCNC(=S)[S-]. The largest absolute Gasteiger partial charge is 0.412 e. The number of primary amides is 1. The van der Waals surface area contributed by atoms with E-state index in [1.165, 1.54) is 0 Å². The maximum Gasteiger partial charge on any atom is 0.0305 e. The van der Waals surface area contributed by atoms with E-state index in [0.29, 0.717) is 40.0 Å². The Kier molecular flexibility index (Phi) is 13.6. The van der Waals surface area contributed by atoms with Gasteiger partial charge in [0.2, 0.25) is 0 Å². The molecule has 0 rings (SSSR count). The van der Waals surface area contributed by atoms with Crippen LogP contribution >= 0.6 is 24.4 Å². The van der Waals surface area contributed by atoms with Gasteiger partial charge < -0.3 is 60.3 Å². The molecule has 1 amide bonds. The number of carbonyl (C=O) groups is 1. The summed E-state index contributed by atoms with van der Waals surface area (Å²) in [6.45, 7) is 1.33. The van der Waals surface area contributed by atoms with Crippen molar-refractivity contribution in [2.45, 2.75) is 0 Å². The summed E-state index contributed by atoms with van der Waals surface area (Å²) in [6, 6.07) is 0. The van der Waals surface area contributed by atoms with Gasteiger partial charge in [0.25, 0.3) is 0 Å². The van der Waals surface area contributed by atoms with Gasteiger partial charge in [-0.1, -0.05) is 8.64 Å². The minimum atomic E-state index is -0.208. The number of carbonyl (C=O) groups excluding carboxylic acids is 1. The van der Waals surface area contributed by atoms with Crippen LogP contribution in [0.3, 0.4) is 0 Å². The molecular formula is C5H8N3OS4Zn. The maximum absolute atomic E-state index is 9.28. The topological polar surface area (TPSA) is 67.2 Å². The van der Waals surface area contributed by atoms with Gasteiger partial charge in [0.05, 0.1) is 0 Å². The Labute approximate surface area is 115 Å². The monoisotopic (exact) mass is 318 g/mol. The van der Waals surface area contributed by atoms with Gasteiger partial charge in [0.15, 0.2) is 0 Å². The van der Waals surface area contributed by atoms with Crippen LogP contribution in [0.5, 0.6) is 0 Å². The van der Waals surface area contributed by atoms with Crippen molar-refractivity contribution in [3.63, 3.8) is 0 Å². The summed E-state index contributed by atoms with van der Waals surface area (Å²) < 4.78 is 0.536. The molecule has 0 heterocycles. The first-order valence-corrected chi connectivity index (χ1v) is 6.49. The van der Waals surface area contributed by atoms with Crippen molar-refractivity contribution in [3.05, 3.63) is 0 Å². The van der Waals surface area contributed by atoms with Crippen molar-refractivity contribution in [3.8, 4) is 0 Å². The molecule has 0 spiro atoms. The molecule has 0 aliphatic heterocycles. The van der Waals surface area contributed by atoms with Gasteiger partial charge in [0.1, 0.15) is 0 Å². The van der Waals surface area contributed by atoms with E-state index in [-0.39, 0.29) is 4.50 Å². The van der Waals surface area contributed by atoms with Gasteiger partial charge in [-0.3, -0.25) is 0 Å². The van der Waals surface area contributed by atoms with Gasteiger partial charge >= 0.3 is 33.3 Å². The van der Waals surface area contributed by atoms with Crippen molar-refractivity contribution >= 4 is 62.8 Å². The van der Waals surface area contributed by atoms with Crippen LogP contribution in [0.4, 0.5) is 4.79 Å². The Morgan fingerprint density at radius 1 is 1.21 bits per heavy atom. The summed E-state index contributed by atoms with van der Waals surface area (Å²) >= 11 is 18.9. The van der Waals surface area contributed by atoms with Crippen LogP contribution in [0, 0.1) is 0 Å². The molecule has 0 aromatic rings. The van der Waals surface area contributed by atoms with Crippen LogP contribution < -0.4 is 16.4 Å². The third kappa shape index (κ3) is 29.5. The number of amides is 1. The predicted molar refractivity (Wildman–Crippen MR) is 65.5 cm³/mol. The molecule has 9 heteroatoms. The van der Waals surface area contributed by atoms with E-state index in [0.717, 1.165) is 0 Å². The standard InChI is InChI=1S/C4H8N2S4.CH2NO.Zn/c7-3(8)5-1-2-6-4(9)10;2-1-3;/h1-2H2,(H2,5,7,8)(H2,6,9,10);(H2,2,3);/q;;+2/p-2. The molecule has 4 N–H and O–H groups in total. The Hall–Kier alpha value is 0.313. The minimum absolute atomic E-state index is 0.208. The van der Waals surface area contributed by atoms with E-state index in [1.54, 1.807) is 0 Å². The molecular weight excluding hydrogens is 312 g/mol. The fourth-order valence-corrected chi connectivity index (χ4v) is 0.737. The maximum atomic E-state index is 9.28. The van der Waals surface area contributed by atoms with Crippen molar-refractivity contribution in [1.29, 1.82) is 0 Å². The van der Waals surface area contributed by atoms with Crippen LogP contribution in [0.15, 0.2) is 0 Å². The Balaban J connectivity index is 0.